The number of fused-ring (bicyclic) bond motifs is 1. The van der Waals surface area contributed by atoms with Crippen LogP contribution in [-0.4, -0.2) is 24.6 Å². The van der Waals surface area contributed by atoms with E-state index >= 15 is 0 Å². The van der Waals surface area contributed by atoms with Crippen molar-refractivity contribution in [3.05, 3.63) is 71.8 Å². The van der Waals surface area contributed by atoms with Gasteiger partial charge in [0.05, 0.1) is 23.8 Å². The zero-order chi connectivity index (χ0) is 27.9. The van der Waals surface area contributed by atoms with Crippen LogP contribution in [0.15, 0.2) is 60.7 Å². The van der Waals surface area contributed by atoms with Crippen molar-refractivity contribution in [3.8, 4) is 11.5 Å². The van der Waals surface area contributed by atoms with Gasteiger partial charge in [-0.2, -0.15) is 0 Å². The van der Waals surface area contributed by atoms with Crippen molar-refractivity contribution >= 4 is 22.7 Å². The molecule has 210 valence electrons. The van der Waals surface area contributed by atoms with Gasteiger partial charge in [-0.15, -0.1) is 0 Å². The van der Waals surface area contributed by atoms with E-state index in [1.54, 1.807) is 42.5 Å². The van der Waals surface area contributed by atoms with Crippen molar-refractivity contribution in [1.82, 2.24) is 0 Å². The number of carbonyl (C=O) groups excluding carboxylic acids is 2. The number of hydrogen-bond acceptors (Lipinski definition) is 5. The van der Waals surface area contributed by atoms with Crippen LogP contribution in [-0.2, 0) is 4.74 Å². The van der Waals surface area contributed by atoms with Crippen LogP contribution in [0.4, 0.5) is 0 Å². The Balaban J connectivity index is 1.49. The van der Waals surface area contributed by atoms with Crippen molar-refractivity contribution < 1.29 is 23.8 Å². The molecule has 3 aromatic rings. The molecular formula is C34H44O5. The number of hydrogen-bond donors (Lipinski definition) is 0. The van der Waals surface area contributed by atoms with E-state index in [0.29, 0.717) is 23.5 Å². The highest BCUT2D eigenvalue weighted by atomic mass is 16.5. The van der Waals surface area contributed by atoms with E-state index in [1.165, 1.54) is 51.4 Å². The smallest absolute Gasteiger partial charge is 0.343 e. The Morgan fingerprint density at radius 1 is 0.641 bits per heavy atom. The first kappa shape index (κ1) is 30.2. The van der Waals surface area contributed by atoms with Crippen LogP contribution >= 0.6 is 0 Å². The van der Waals surface area contributed by atoms with Gasteiger partial charge in [0.1, 0.15) is 11.5 Å². The Labute approximate surface area is 233 Å². The lowest BCUT2D eigenvalue weighted by molar-refractivity contribution is 0.0319. The summed E-state index contributed by atoms with van der Waals surface area (Å²) in [4.78, 5) is 25.3. The zero-order valence-electron chi connectivity index (χ0n) is 23.9. The molecule has 0 aliphatic heterocycles. The first-order chi connectivity index (χ1) is 19.0. The van der Waals surface area contributed by atoms with Gasteiger partial charge in [0, 0.05) is 0 Å². The van der Waals surface area contributed by atoms with E-state index in [4.69, 9.17) is 14.2 Å². The Bertz CT molecular complexity index is 1170. The lowest BCUT2D eigenvalue weighted by atomic mass is 10.1. The van der Waals surface area contributed by atoms with Gasteiger partial charge in [0.25, 0.3) is 0 Å². The average Bonchev–Trinajstić information content (AvgIpc) is 2.95. The maximum Gasteiger partial charge on any atom is 0.343 e. The predicted molar refractivity (Wildman–Crippen MR) is 158 cm³/mol. The summed E-state index contributed by atoms with van der Waals surface area (Å²) in [5.41, 5.74) is 0.982. The largest absolute Gasteiger partial charge is 0.494 e. The van der Waals surface area contributed by atoms with Crippen molar-refractivity contribution in [3.63, 3.8) is 0 Å². The highest BCUT2D eigenvalue weighted by Crippen LogP contribution is 2.24. The molecule has 0 bridgehead atoms. The minimum absolute atomic E-state index is 0.104. The minimum Gasteiger partial charge on any atom is -0.494 e. The van der Waals surface area contributed by atoms with Gasteiger partial charge in [-0.05, 0) is 85.5 Å². The second-order valence-electron chi connectivity index (χ2n) is 10.3. The maximum absolute atomic E-state index is 12.7. The highest BCUT2D eigenvalue weighted by molar-refractivity contribution is 5.96. The third-order valence-corrected chi connectivity index (χ3v) is 6.89. The van der Waals surface area contributed by atoms with Crippen LogP contribution in [0, 0.1) is 0 Å². The molecule has 1 atom stereocenters. The van der Waals surface area contributed by atoms with Crippen LogP contribution in [0.1, 0.15) is 112 Å². The highest BCUT2D eigenvalue weighted by Gasteiger charge is 2.14. The summed E-state index contributed by atoms with van der Waals surface area (Å²) in [5.74, 6) is 0.470. The topological polar surface area (TPSA) is 61.8 Å². The molecule has 5 heteroatoms. The van der Waals surface area contributed by atoms with E-state index in [-0.39, 0.29) is 12.1 Å². The number of esters is 2. The van der Waals surface area contributed by atoms with Gasteiger partial charge in [0.15, 0.2) is 0 Å². The molecule has 5 nitrogen and oxygen atoms in total. The summed E-state index contributed by atoms with van der Waals surface area (Å²) >= 11 is 0. The molecule has 0 amide bonds. The summed E-state index contributed by atoms with van der Waals surface area (Å²) in [6, 6.07) is 17.9. The second kappa shape index (κ2) is 16.6. The molecule has 0 aromatic heterocycles. The van der Waals surface area contributed by atoms with Gasteiger partial charge in [-0.1, -0.05) is 77.3 Å². The molecule has 0 fully saturated rings. The fourth-order valence-electron chi connectivity index (χ4n) is 4.51. The molecule has 0 saturated heterocycles. The molecule has 0 saturated carbocycles. The van der Waals surface area contributed by atoms with Crippen LogP contribution in [0.3, 0.4) is 0 Å². The lowest BCUT2D eigenvalue weighted by Crippen LogP contribution is -2.15. The molecule has 3 rings (SSSR count). The SMILES string of the molecule is CCCCCCCCOc1ccc(C(=O)Oc2ccc3cc(C(=O)OC(C)CCCCCC)ccc3c2)cc1. The molecule has 1 unspecified atom stereocenters. The van der Waals surface area contributed by atoms with Gasteiger partial charge >= 0.3 is 11.9 Å². The van der Waals surface area contributed by atoms with E-state index in [9.17, 15) is 9.59 Å². The molecular weight excluding hydrogens is 488 g/mol. The molecule has 39 heavy (non-hydrogen) atoms. The third kappa shape index (κ3) is 10.4. The van der Waals surface area contributed by atoms with Crippen LogP contribution < -0.4 is 9.47 Å². The van der Waals surface area contributed by atoms with E-state index in [0.717, 1.165) is 35.8 Å². The van der Waals surface area contributed by atoms with Crippen LogP contribution in [0.25, 0.3) is 10.8 Å². The quantitative estimate of drug-likeness (QED) is 0.0984. The van der Waals surface area contributed by atoms with Gasteiger partial charge in [-0.25, -0.2) is 9.59 Å². The van der Waals surface area contributed by atoms with Crippen molar-refractivity contribution in [2.24, 2.45) is 0 Å². The zero-order valence-corrected chi connectivity index (χ0v) is 23.9. The van der Waals surface area contributed by atoms with E-state index < -0.39 is 5.97 Å². The lowest BCUT2D eigenvalue weighted by Gasteiger charge is -2.13. The summed E-state index contributed by atoms with van der Waals surface area (Å²) in [6.07, 6.45) is 12.7. The van der Waals surface area contributed by atoms with Crippen molar-refractivity contribution in [2.45, 2.75) is 97.5 Å². The van der Waals surface area contributed by atoms with Gasteiger partial charge in [0.2, 0.25) is 0 Å². The van der Waals surface area contributed by atoms with Crippen LogP contribution in [0.2, 0.25) is 0 Å². The van der Waals surface area contributed by atoms with Crippen LogP contribution in [0.5, 0.6) is 11.5 Å². The van der Waals surface area contributed by atoms with E-state index in [2.05, 4.69) is 13.8 Å². The number of unbranched alkanes of at least 4 members (excludes halogenated alkanes) is 8. The van der Waals surface area contributed by atoms with E-state index in [1.807, 2.05) is 25.1 Å². The normalized spacial score (nSPS) is 11.8. The van der Waals surface area contributed by atoms with Crippen molar-refractivity contribution in [1.29, 1.82) is 0 Å². The fourth-order valence-corrected chi connectivity index (χ4v) is 4.51. The summed E-state index contributed by atoms with van der Waals surface area (Å²) in [7, 11) is 0. The minimum atomic E-state index is -0.426. The van der Waals surface area contributed by atoms with Crippen molar-refractivity contribution in [2.75, 3.05) is 6.61 Å². The maximum atomic E-state index is 12.7. The first-order valence-corrected chi connectivity index (χ1v) is 14.7. The Kier molecular flexibility index (Phi) is 12.8. The Hall–Kier alpha value is -3.34. The molecule has 0 radical (unpaired) electrons. The monoisotopic (exact) mass is 532 g/mol. The molecule has 0 heterocycles. The van der Waals surface area contributed by atoms with Gasteiger partial charge in [-0.3, -0.25) is 0 Å². The number of rotatable bonds is 17. The molecule has 3 aromatic carbocycles. The number of carbonyl (C=O) groups is 2. The Morgan fingerprint density at radius 2 is 1.23 bits per heavy atom. The standard InChI is InChI=1S/C34H44O5/c1-4-6-8-10-11-13-23-37-31-20-17-27(18-21-31)33(35)39-32-22-19-28-24-30(16-15-29(28)25-32)34(36)38-26(3)14-12-9-7-5-2/h15-22,24-26H,4-14,23H2,1-3H3. The molecule has 0 spiro atoms. The fraction of sp³-hybridized carbons (Fsp3) is 0.471. The molecule has 0 aliphatic carbocycles. The third-order valence-electron chi connectivity index (χ3n) is 6.89. The summed E-state index contributed by atoms with van der Waals surface area (Å²) in [5, 5.41) is 1.76. The number of benzene rings is 3. The Morgan fingerprint density at radius 3 is 1.97 bits per heavy atom. The second-order valence-corrected chi connectivity index (χ2v) is 10.3. The number of ether oxygens (including phenoxy) is 3. The molecule has 0 aliphatic rings. The average molecular weight is 533 g/mol. The summed E-state index contributed by atoms with van der Waals surface area (Å²) < 4.78 is 17.0. The van der Waals surface area contributed by atoms with Gasteiger partial charge < -0.3 is 14.2 Å². The predicted octanol–water partition coefficient (Wildman–Crippen LogP) is 9.31. The summed E-state index contributed by atoms with van der Waals surface area (Å²) in [6.45, 7) is 7.04. The molecule has 0 N–H and O–H groups in total. The first-order valence-electron chi connectivity index (χ1n) is 14.7.